The van der Waals surface area contributed by atoms with E-state index in [1.165, 1.54) is 36.4 Å². The minimum absolute atomic E-state index is 0.00331. The van der Waals surface area contributed by atoms with Crippen LogP contribution in [0.15, 0.2) is 48.8 Å². The lowest BCUT2D eigenvalue weighted by Gasteiger charge is -2.21. The van der Waals surface area contributed by atoms with E-state index < -0.39 is 34.7 Å². The fraction of sp³-hybridized carbons (Fsp3) is 0.424. The zero-order chi connectivity index (χ0) is 36.0. The maximum Gasteiger partial charge on any atom is 0.387 e. The van der Waals surface area contributed by atoms with E-state index in [0.717, 1.165) is 44.3 Å². The second-order valence-corrected chi connectivity index (χ2v) is 14.6. The van der Waals surface area contributed by atoms with E-state index in [4.69, 9.17) is 42.1 Å². The van der Waals surface area contributed by atoms with Crippen LogP contribution < -0.4 is 23.7 Å². The molecule has 2 aromatic carbocycles. The molecule has 3 aromatic rings. The van der Waals surface area contributed by atoms with Crippen molar-refractivity contribution in [1.82, 2.24) is 0 Å². The number of nitrogens with one attached hydrogen (secondary N) is 1. The number of rotatable bonds is 18. The van der Waals surface area contributed by atoms with E-state index in [0.29, 0.717) is 28.7 Å². The molecule has 0 spiro atoms. The zero-order valence-corrected chi connectivity index (χ0v) is 29.1. The number of carbonyl (C=O) groups is 2. The highest BCUT2D eigenvalue weighted by atomic mass is 35.5. The monoisotopic (exact) mass is 758 g/mol. The predicted octanol–water partition coefficient (Wildman–Crippen LogP) is 6.25. The van der Waals surface area contributed by atoms with Crippen molar-refractivity contribution in [2.75, 3.05) is 30.8 Å². The van der Waals surface area contributed by atoms with Gasteiger partial charge in [0.15, 0.2) is 23.9 Å². The van der Waals surface area contributed by atoms with Gasteiger partial charge in [-0.3, -0.25) is 9.52 Å². The number of halogens is 4. The Morgan fingerprint density at radius 2 is 1.60 bits per heavy atom. The smallest absolute Gasteiger partial charge is 0.387 e. The molecule has 17 heteroatoms. The third-order valence-corrected chi connectivity index (χ3v) is 8.91. The van der Waals surface area contributed by atoms with Crippen LogP contribution in [0.2, 0.25) is 10.0 Å². The first-order chi connectivity index (χ1) is 23.7. The number of hydrogen-bond donors (Lipinski definition) is 1. The number of alkyl halides is 2. The summed E-state index contributed by atoms with van der Waals surface area (Å²) in [5, 5.41) is 11.8. The number of ether oxygens (including phenoxy) is 5. The first-order valence-electron chi connectivity index (χ1n) is 15.6. The predicted molar refractivity (Wildman–Crippen MR) is 177 cm³/mol. The van der Waals surface area contributed by atoms with Crippen molar-refractivity contribution in [3.63, 3.8) is 0 Å². The molecular formula is C33H34Cl2F2N2O10S. The first kappa shape index (κ1) is 37.2. The van der Waals surface area contributed by atoms with Gasteiger partial charge in [0.25, 0.3) is 0 Å². The molecule has 1 aromatic heterocycles. The maximum absolute atomic E-state index is 13.1. The number of carbonyl (C=O) groups excluding carboxylic acids is 2. The number of nitrogens with zero attached hydrogens (tertiary/aromatic N) is 1. The fourth-order valence-electron chi connectivity index (χ4n) is 4.73. The summed E-state index contributed by atoms with van der Waals surface area (Å²) in [4.78, 5) is 26.0. The van der Waals surface area contributed by atoms with Crippen molar-refractivity contribution in [3.8, 4) is 17.2 Å². The second kappa shape index (κ2) is 16.3. The van der Waals surface area contributed by atoms with Crippen molar-refractivity contribution in [2.24, 2.45) is 11.8 Å². The van der Waals surface area contributed by atoms with E-state index in [9.17, 15) is 32.0 Å². The molecule has 0 unspecified atom stereocenters. The summed E-state index contributed by atoms with van der Waals surface area (Å²) in [6, 6.07) is 8.21. The molecule has 50 heavy (non-hydrogen) atoms. The molecular weight excluding hydrogens is 725 g/mol. The van der Waals surface area contributed by atoms with Gasteiger partial charge in [0, 0.05) is 12.0 Å². The van der Waals surface area contributed by atoms with E-state index in [1.54, 1.807) is 0 Å². The SMILES string of the molecule is CS(=O)(=O)Nc1ccc(C(=O)OCCC(=O)O[C@@H](Cc2c(Cl)c[n+]([O-])cc2Cl)c2ccc(OC(F)F)c(OCC3CC3)c2)cc1OCC1CC1. The van der Waals surface area contributed by atoms with Gasteiger partial charge in [-0.2, -0.15) is 13.5 Å². The molecule has 0 aliphatic heterocycles. The third-order valence-electron chi connectivity index (χ3n) is 7.67. The fourth-order valence-corrected chi connectivity index (χ4v) is 5.90. The molecule has 1 heterocycles. The van der Waals surface area contributed by atoms with Crippen LogP contribution in [0.3, 0.4) is 0 Å². The molecule has 0 saturated heterocycles. The molecule has 270 valence electrons. The van der Waals surface area contributed by atoms with Gasteiger partial charge in [-0.25, -0.2) is 13.2 Å². The van der Waals surface area contributed by atoms with Gasteiger partial charge in [0.05, 0.1) is 37.1 Å². The molecule has 2 aliphatic rings. The summed E-state index contributed by atoms with van der Waals surface area (Å²) in [6.07, 6.45) is 5.44. The van der Waals surface area contributed by atoms with Crippen LogP contribution in [-0.4, -0.2) is 53.0 Å². The highest BCUT2D eigenvalue weighted by Gasteiger charge is 2.27. The molecule has 1 N–H and O–H groups in total. The Bertz CT molecular complexity index is 1800. The Labute approximate surface area is 297 Å². The molecule has 2 saturated carbocycles. The Balaban J connectivity index is 1.29. The highest BCUT2D eigenvalue weighted by molar-refractivity contribution is 7.92. The van der Waals surface area contributed by atoms with Crippen LogP contribution in [0.25, 0.3) is 0 Å². The number of benzene rings is 2. The summed E-state index contributed by atoms with van der Waals surface area (Å²) in [5.74, 6) is -0.966. The van der Waals surface area contributed by atoms with Crippen LogP contribution in [0, 0.1) is 17.0 Å². The number of sulfonamides is 1. The molecule has 0 amide bonds. The second-order valence-electron chi connectivity index (χ2n) is 12.0. The first-order valence-corrected chi connectivity index (χ1v) is 18.3. The van der Waals surface area contributed by atoms with Gasteiger partial charge < -0.3 is 28.9 Å². The summed E-state index contributed by atoms with van der Waals surface area (Å²) < 4.78 is 79.9. The van der Waals surface area contributed by atoms with Gasteiger partial charge in [0.2, 0.25) is 10.0 Å². The lowest BCUT2D eigenvalue weighted by molar-refractivity contribution is -0.605. The van der Waals surface area contributed by atoms with Crippen LogP contribution in [-0.2, 0) is 30.7 Å². The number of esters is 2. The Morgan fingerprint density at radius 1 is 0.960 bits per heavy atom. The molecule has 0 radical (unpaired) electrons. The van der Waals surface area contributed by atoms with Crippen LogP contribution in [0.4, 0.5) is 14.5 Å². The lowest BCUT2D eigenvalue weighted by Crippen LogP contribution is -2.25. The lowest BCUT2D eigenvalue weighted by atomic mass is 10.0. The maximum atomic E-state index is 13.1. The number of anilines is 1. The Kier molecular flexibility index (Phi) is 12.1. The Morgan fingerprint density at radius 3 is 2.20 bits per heavy atom. The average Bonchev–Trinajstić information content (AvgIpc) is 3.96. The molecule has 0 bridgehead atoms. The van der Waals surface area contributed by atoms with Gasteiger partial charge >= 0.3 is 18.6 Å². The van der Waals surface area contributed by atoms with Crippen molar-refractivity contribution < 1.29 is 55.2 Å². The van der Waals surface area contributed by atoms with Crippen LogP contribution in [0.1, 0.15) is 59.7 Å². The average molecular weight is 760 g/mol. The number of aromatic nitrogens is 1. The summed E-state index contributed by atoms with van der Waals surface area (Å²) in [5.41, 5.74) is 0.842. The number of pyridine rings is 1. The van der Waals surface area contributed by atoms with Crippen molar-refractivity contribution in [1.29, 1.82) is 0 Å². The molecule has 12 nitrogen and oxygen atoms in total. The van der Waals surface area contributed by atoms with Crippen molar-refractivity contribution >= 4 is 50.9 Å². The molecule has 1 atom stereocenters. The van der Waals surface area contributed by atoms with Crippen LogP contribution >= 0.6 is 23.2 Å². The topological polar surface area (TPSA) is 153 Å². The van der Waals surface area contributed by atoms with Gasteiger partial charge in [-0.15, -0.1) is 0 Å². The summed E-state index contributed by atoms with van der Waals surface area (Å²) in [7, 11) is -3.62. The molecule has 2 fully saturated rings. The minimum atomic E-state index is -3.62. The van der Waals surface area contributed by atoms with Gasteiger partial charge in [0.1, 0.15) is 28.5 Å². The minimum Gasteiger partial charge on any atom is -0.619 e. The quantitative estimate of drug-likeness (QED) is 0.0895. The van der Waals surface area contributed by atoms with E-state index in [1.807, 2.05) is 0 Å². The van der Waals surface area contributed by atoms with Crippen molar-refractivity contribution in [2.45, 2.75) is 51.2 Å². The van der Waals surface area contributed by atoms with E-state index in [-0.39, 0.29) is 70.2 Å². The third kappa shape index (κ3) is 11.2. The standard InChI is InChI=1S/C33H34Cl2F2N2O10S/c1-50(43,44)38-26-8-6-22(13-29(26)46-17-19-2-3-19)32(41)45-11-10-31(40)48-28(14-23-24(34)15-39(42)16-25(23)35)21-7-9-27(49-33(36)37)30(12-21)47-18-20-4-5-20/h6-9,12-13,15-16,19-20,28,33,38H,2-5,10-11,14,17-18H2,1H3/t28-/m0/s1. The van der Waals surface area contributed by atoms with Gasteiger partial charge in [-0.1, -0.05) is 29.3 Å². The summed E-state index contributed by atoms with van der Waals surface area (Å²) in [6.45, 7) is -2.85. The molecule has 2 aliphatic carbocycles. The van der Waals surface area contributed by atoms with Crippen molar-refractivity contribution in [3.05, 3.63) is 80.7 Å². The normalized spacial score (nSPS) is 14.9. The van der Waals surface area contributed by atoms with Crippen LogP contribution in [0.5, 0.6) is 17.2 Å². The largest absolute Gasteiger partial charge is 0.619 e. The molecule has 5 rings (SSSR count). The zero-order valence-electron chi connectivity index (χ0n) is 26.7. The number of hydrogen-bond acceptors (Lipinski definition) is 10. The Hall–Kier alpha value is -4.08. The van der Waals surface area contributed by atoms with E-state index >= 15 is 0 Å². The highest BCUT2D eigenvalue weighted by Crippen LogP contribution is 2.38. The van der Waals surface area contributed by atoms with Gasteiger partial charge in [-0.05, 0) is 73.4 Å². The van der Waals surface area contributed by atoms with E-state index in [2.05, 4.69) is 9.46 Å². The summed E-state index contributed by atoms with van der Waals surface area (Å²) >= 11 is 12.6.